The topological polar surface area (TPSA) is 75.8 Å². The average molecular weight is 432 g/mol. The van der Waals surface area contributed by atoms with Crippen molar-refractivity contribution in [2.24, 2.45) is 4.99 Å². The van der Waals surface area contributed by atoms with Crippen LogP contribution in [-0.4, -0.2) is 53.9 Å². The van der Waals surface area contributed by atoms with Gasteiger partial charge in [-0.15, -0.1) is 34.2 Å². The van der Waals surface area contributed by atoms with Crippen LogP contribution in [0.25, 0.3) is 5.65 Å². The monoisotopic (exact) mass is 432 g/mol. The highest BCUT2D eigenvalue weighted by atomic mass is 127. The summed E-state index contributed by atoms with van der Waals surface area (Å²) >= 11 is 0. The molecule has 0 atom stereocenters. The lowest BCUT2D eigenvalue weighted by Crippen LogP contribution is -2.39. The Labute approximate surface area is 153 Å². The van der Waals surface area contributed by atoms with Crippen molar-refractivity contribution < 1.29 is 4.74 Å². The zero-order valence-electron chi connectivity index (χ0n) is 13.7. The highest BCUT2D eigenvalue weighted by molar-refractivity contribution is 14.0. The standard InChI is InChI=1S/C15H24N6O.HI/c1-3-22-12-10-18-15(16-2)17-9-6-8-14-20-19-13-7-4-5-11-21(13)14;/h4-5,7,11H,3,6,8-10,12H2,1-2H3,(H2,16,17,18);1H. The van der Waals surface area contributed by atoms with E-state index in [1.807, 2.05) is 35.7 Å². The molecule has 128 valence electrons. The number of aryl methyl sites for hydroxylation is 1. The van der Waals surface area contributed by atoms with Crippen molar-refractivity contribution in [1.29, 1.82) is 0 Å². The highest BCUT2D eigenvalue weighted by Crippen LogP contribution is 2.04. The molecule has 0 saturated carbocycles. The lowest BCUT2D eigenvalue weighted by atomic mass is 10.3. The number of guanidine groups is 1. The number of hydrogen-bond acceptors (Lipinski definition) is 4. The van der Waals surface area contributed by atoms with E-state index < -0.39 is 0 Å². The van der Waals surface area contributed by atoms with Gasteiger partial charge in [0, 0.05) is 39.4 Å². The number of aromatic nitrogens is 3. The first-order valence-corrected chi connectivity index (χ1v) is 7.66. The number of fused-ring (bicyclic) bond motifs is 1. The van der Waals surface area contributed by atoms with Crippen LogP contribution in [0.1, 0.15) is 19.2 Å². The van der Waals surface area contributed by atoms with E-state index in [4.69, 9.17) is 4.74 Å². The Morgan fingerprint density at radius 2 is 2.09 bits per heavy atom. The summed E-state index contributed by atoms with van der Waals surface area (Å²) in [5, 5.41) is 14.9. The van der Waals surface area contributed by atoms with E-state index >= 15 is 0 Å². The van der Waals surface area contributed by atoms with Gasteiger partial charge in [-0.1, -0.05) is 6.07 Å². The van der Waals surface area contributed by atoms with Gasteiger partial charge in [-0.3, -0.25) is 9.39 Å². The summed E-state index contributed by atoms with van der Waals surface area (Å²) in [6.45, 7) is 4.99. The first-order valence-electron chi connectivity index (χ1n) is 7.66. The van der Waals surface area contributed by atoms with Crippen LogP contribution >= 0.6 is 24.0 Å². The van der Waals surface area contributed by atoms with Gasteiger partial charge in [0.15, 0.2) is 11.6 Å². The van der Waals surface area contributed by atoms with E-state index in [0.717, 1.165) is 50.0 Å². The molecule has 2 N–H and O–H groups in total. The highest BCUT2D eigenvalue weighted by Gasteiger charge is 2.04. The van der Waals surface area contributed by atoms with Gasteiger partial charge in [-0.2, -0.15) is 0 Å². The summed E-state index contributed by atoms with van der Waals surface area (Å²) in [5.74, 6) is 1.78. The first-order chi connectivity index (χ1) is 10.8. The Kier molecular flexibility index (Phi) is 9.53. The van der Waals surface area contributed by atoms with Crippen LogP contribution in [-0.2, 0) is 11.2 Å². The molecule has 2 aromatic heterocycles. The normalized spacial score (nSPS) is 11.3. The lowest BCUT2D eigenvalue weighted by molar-refractivity contribution is 0.152. The molecule has 0 spiro atoms. The fourth-order valence-electron chi connectivity index (χ4n) is 2.12. The van der Waals surface area contributed by atoms with Crippen molar-refractivity contribution in [3.05, 3.63) is 30.2 Å². The molecule has 0 fully saturated rings. The molecule has 0 bridgehead atoms. The Morgan fingerprint density at radius 1 is 1.26 bits per heavy atom. The molecular formula is C15H25IN6O. The number of pyridine rings is 1. The second-order valence-corrected chi connectivity index (χ2v) is 4.77. The summed E-state index contributed by atoms with van der Waals surface area (Å²) < 4.78 is 7.30. The van der Waals surface area contributed by atoms with Crippen molar-refractivity contribution >= 4 is 35.6 Å². The minimum Gasteiger partial charge on any atom is -0.380 e. The van der Waals surface area contributed by atoms with Gasteiger partial charge >= 0.3 is 0 Å². The number of hydrogen-bond donors (Lipinski definition) is 2. The van der Waals surface area contributed by atoms with Crippen LogP contribution in [0.5, 0.6) is 0 Å². The largest absolute Gasteiger partial charge is 0.380 e. The Morgan fingerprint density at radius 3 is 2.87 bits per heavy atom. The van der Waals surface area contributed by atoms with Crippen LogP contribution in [0.2, 0.25) is 0 Å². The molecule has 7 nitrogen and oxygen atoms in total. The molecule has 23 heavy (non-hydrogen) atoms. The summed E-state index contributed by atoms with van der Waals surface area (Å²) in [4.78, 5) is 4.18. The van der Waals surface area contributed by atoms with Gasteiger partial charge in [-0.25, -0.2) is 0 Å². The Balaban J connectivity index is 0.00000264. The Hall–Kier alpha value is -1.42. The molecule has 0 aliphatic heterocycles. The summed E-state index contributed by atoms with van der Waals surface area (Å²) in [6.07, 6.45) is 3.82. The predicted molar refractivity (Wildman–Crippen MR) is 103 cm³/mol. The van der Waals surface area contributed by atoms with Crippen molar-refractivity contribution in [3.63, 3.8) is 0 Å². The molecule has 0 aromatic carbocycles. The van der Waals surface area contributed by atoms with Crippen molar-refractivity contribution in [1.82, 2.24) is 25.2 Å². The van der Waals surface area contributed by atoms with E-state index in [1.165, 1.54) is 0 Å². The van der Waals surface area contributed by atoms with Gasteiger partial charge in [0.1, 0.15) is 5.82 Å². The predicted octanol–water partition coefficient (Wildman–Crippen LogP) is 1.48. The van der Waals surface area contributed by atoms with Crippen LogP contribution < -0.4 is 10.6 Å². The fourth-order valence-corrected chi connectivity index (χ4v) is 2.12. The molecule has 2 rings (SSSR count). The average Bonchev–Trinajstić information content (AvgIpc) is 2.97. The summed E-state index contributed by atoms with van der Waals surface area (Å²) in [5.41, 5.74) is 0.888. The number of aliphatic imine (C=N–C) groups is 1. The molecule has 0 radical (unpaired) electrons. The van der Waals surface area contributed by atoms with Gasteiger partial charge in [-0.05, 0) is 25.5 Å². The minimum atomic E-state index is 0. The van der Waals surface area contributed by atoms with E-state index in [0.29, 0.717) is 6.61 Å². The smallest absolute Gasteiger partial charge is 0.191 e. The van der Waals surface area contributed by atoms with Crippen molar-refractivity contribution in [3.8, 4) is 0 Å². The third kappa shape index (κ3) is 6.30. The van der Waals surface area contributed by atoms with Crippen molar-refractivity contribution in [2.75, 3.05) is 33.4 Å². The maximum atomic E-state index is 5.28. The van der Waals surface area contributed by atoms with E-state index in [-0.39, 0.29) is 24.0 Å². The zero-order chi connectivity index (χ0) is 15.6. The molecule has 0 aliphatic carbocycles. The van der Waals surface area contributed by atoms with Crippen LogP contribution in [0.3, 0.4) is 0 Å². The zero-order valence-corrected chi connectivity index (χ0v) is 16.0. The molecule has 0 unspecified atom stereocenters. The van der Waals surface area contributed by atoms with E-state index in [1.54, 1.807) is 7.05 Å². The molecular weight excluding hydrogens is 407 g/mol. The SMILES string of the molecule is CCOCCNC(=NC)NCCCc1nnc2ccccn12.I. The molecule has 8 heteroatoms. The maximum Gasteiger partial charge on any atom is 0.191 e. The second kappa shape index (κ2) is 11.2. The van der Waals surface area contributed by atoms with Crippen molar-refractivity contribution in [2.45, 2.75) is 19.8 Å². The van der Waals surface area contributed by atoms with Gasteiger partial charge < -0.3 is 15.4 Å². The quantitative estimate of drug-likeness (QED) is 0.286. The van der Waals surface area contributed by atoms with Gasteiger partial charge in [0.05, 0.1) is 6.61 Å². The number of nitrogens with zero attached hydrogens (tertiary/aromatic N) is 4. The van der Waals surface area contributed by atoms with E-state index in [2.05, 4.69) is 25.8 Å². The fraction of sp³-hybridized carbons (Fsp3) is 0.533. The number of rotatable bonds is 8. The Bertz CT molecular complexity index is 600. The molecule has 0 amide bonds. The third-order valence-corrected chi connectivity index (χ3v) is 3.22. The van der Waals surface area contributed by atoms with Gasteiger partial charge in [0.25, 0.3) is 0 Å². The number of ether oxygens (including phenoxy) is 1. The maximum absolute atomic E-state index is 5.28. The second-order valence-electron chi connectivity index (χ2n) is 4.77. The van der Waals surface area contributed by atoms with Gasteiger partial charge in [0.2, 0.25) is 0 Å². The molecule has 2 heterocycles. The number of halogens is 1. The van der Waals surface area contributed by atoms with E-state index in [9.17, 15) is 0 Å². The molecule has 0 saturated heterocycles. The molecule has 0 aliphatic rings. The summed E-state index contributed by atoms with van der Waals surface area (Å²) in [6, 6.07) is 5.91. The van der Waals surface area contributed by atoms with Crippen LogP contribution in [0.15, 0.2) is 29.4 Å². The van der Waals surface area contributed by atoms with Crippen LogP contribution in [0.4, 0.5) is 0 Å². The summed E-state index contributed by atoms with van der Waals surface area (Å²) in [7, 11) is 1.77. The minimum absolute atomic E-state index is 0. The first kappa shape index (κ1) is 19.6. The third-order valence-electron chi connectivity index (χ3n) is 3.22. The van der Waals surface area contributed by atoms with Crippen LogP contribution in [0, 0.1) is 0 Å². The molecule has 2 aromatic rings. The lowest BCUT2D eigenvalue weighted by Gasteiger charge is -2.11. The number of nitrogens with one attached hydrogen (secondary N) is 2.